The molecule has 0 radical (unpaired) electrons. The lowest BCUT2D eigenvalue weighted by atomic mass is 10.3. The number of hydrogen-bond acceptors (Lipinski definition) is 3. The molecule has 5 nitrogen and oxygen atoms in total. The lowest BCUT2D eigenvalue weighted by molar-refractivity contribution is 0.0995. The fourth-order valence-corrected chi connectivity index (χ4v) is 2.56. The van der Waals surface area contributed by atoms with Crippen molar-refractivity contribution in [2.24, 2.45) is 0 Å². The summed E-state index contributed by atoms with van der Waals surface area (Å²) in [4.78, 5) is 12.2. The van der Waals surface area contributed by atoms with Crippen molar-refractivity contribution in [2.75, 3.05) is 5.32 Å². The van der Waals surface area contributed by atoms with Crippen molar-refractivity contribution >= 4 is 27.5 Å². The van der Waals surface area contributed by atoms with E-state index in [0.29, 0.717) is 10.4 Å². The standard InChI is InChI=1S/C16H14BrN3O2/c1-10-15(18-16(21)13-8-9-14(17)22-13)11(2)20(19-10)12-6-4-3-5-7-12/h3-9H,1-2H3,(H,18,21). The molecule has 2 heterocycles. The molecule has 0 aliphatic carbocycles. The van der Waals surface area contributed by atoms with Gasteiger partial charge in [0.25, 0.3) is 5.91 Å². The van der Waals surface area contributed by atoms with Gasteiger partial charge in [-0.15, -0.1) is 0 Å². The number of carbonyl (C=O) groups is 1. The molecule has 3 aromatic rings. The molecule has 0 aliphatic heterocycles. The zero-order chi connectivity index (χ0) is 15.7. The van der Waals surface area contributed by atoms with Crippen LogP contribution in [0.4, 0.5) is 5.69 Å². The molecular weight excluding hydrogens is 346 g/mol. The summed E-state index contributed by atoms with van der Waals surface area (Å²) in [5.41, 5.74) is 3.26. The van der Waals surface area contributed by atoms with E-state index < -0.39 is 0 Å². The second-order valence-corrected chi connectivity index (χ2v) is 5.63. The number of rotatable bonds is 3. The zero-order valence-corrected chi connectivity index (χ0v) is 13.7. The molecule has 22 heavy (non-hydrogen) atoms. The van der Waals surface area contributed by atoms with Gasteiger partial charge in [-0.2, -0.15) is 5.10 Å². The third-order valence-corrected chi connectivity index (χ3v) is 3.75. The highest BCUT2D eigenvalue weighted by Crippen LogP contribution is 2.24. The van der Waals surface area contributed by atoms with Crippen LogP contribution in [0.25, 0.3) is 5.69 Å². The first-order valence-electron chi connectivity index (χ1n) is 6.74. The highest BCUT2D eigenvalue weighted by atomic mass is 79.9. The van der Waals surface area contributed by atoms with Crippen LogP contribution in [0.3, 0.4) is 0 Å². The molecule has 2 aromatic heterocycles. The fourth-order valence-electron chi connectivity index (χ4n) is 2.26. The van der Waals surface area contributed by atoms with Crippen LogP contribution in [-0.4, -0.2) is 15.7 Å². The lowest BCUT2D eigenvalue weighted by Crippen LogP contribution is -2.12. The Bertz CT molecular complexity index is 821. The van der Waals surface area contributed by atoms with E-state index in [1.807, 2.05) is 48.9 Å². The zero-order valence-electron chi connectivity index (χ0n) is 12.1. The number of aryl methyl sites for hydroxylation is 1. The van der Waals surface area contributed by atoms with Crippen molar-refractivity contribution in [1.29, 1.82) is 0 Å². The second kappa shape index (κ2) is 5.81. The van der Waals surface area contributed by atoms with E-state index in [9.17, 15) is 4.79 Å². The van der Waals surface area contributed by atoms with Crippen LogP contribution >= 0.6 is 15.9 Å². The minimum Gasteiger partial charge on any atom is -0.444 e. The van der Waals surface area contributed by atoms with E-state index in [1.165, 1.54) is 0 Å². The van der Waals surface area contributed by atoms with Gasteiger partial charge in [0.1, 0.15) is 0 Å². The molecule has 1 amide bonds. The van der Waals surface area contributed by atoms with Crippen LogP contribution in [-0.2, 0) is 0 Å². The topological polar surface area (TPSA) is 60.1 Å². The maximum atomic E-state index is 12.2. The van der Waals surface area contributed by atoms with Gasteiger partial charge in [0, 0.05) is 0 Å². The van der Waals surface area contributed by atoms with Gasteiger partial charge in [-0.3, -0.25) is 4.79 Å². The number of anilines is 1. The number of hydrogen-bond donors (Lipinski definition) is 1. The molecule has 0 aliphatic rings. The van der Waals surface area contributed by atoms with Gasteiger partial charge >= 0.3 is 0 Å². The minimum atomic E-state index is -0.301. The predicted molar refractivity (Wildman–Crippen MR) is 87.4 cm³/mol. The average molecular weight is 360 g/mol. The summed E-state index contributed by atoms with van der Waals surface area (Å²) in [5, 5.41) is 7.36. The van der Waals surface area contributed by atoms with E-state index in [-0.39, 0.29) is 11.7 Å². The Kier molecular flexibility index (Phi) is 3.85. The highest BCUT2D eigenvalue weighted by molar-refractivity contribution is 9.10. The largest absolute Gasteiger partial charge is 0.444 e. The molecule has 112 valence electrons. The lowest BCUT2D eigenvalue weighted by Gasteiger charge is -2.06. The smallest absolute Gasteiger partial charge is 0.291 e. The number of aromatic nitrogens is 2. The Hall–Kier alpha value is -2.34. The maximum absolute atomic E-state index is 12.2. The first-order valence-corrected chi connectivity index (χ1v) is 7.54. The molecule has 6 heteroatoms. The van der Waals surface area contributed by atoms with Crippen LogP contribution in [0.2, 0.25) is 0 Å². The summed E-state index contributed by atoms with van der Waals surface area (Å²) in [5.74, 6) is -0.0531. The van der Waals surface area contributed by atoms with Crippen molar-refractivity contribution in [3.63, 3.8) is 0 Å². The number of nitrogens with zero attached hydrogens (tertiary/aromatic N) is 2. The first kappa shape index (κ1) is 14.6. The number of halogens is 1. The molecule has 0 saturated heterocycles. The number of carbonyl (C=O) groups excluding carboxylic acids is 1. The van der Waals surface area contributed by atoms with E-state index in [2.05, 4.69) is 26.3 Å². The third-order valence-electron chi connectivity index (χ3n) is 3.33. The number of amides is 1. The predicted octanol–water partition coefficient (Wildman–Crippen LogP) is 4.10. The third kappa shape index (κ3) is 2.69. The normalized spacial score (nSPS) is 10.7. The Morgan fingerprint density at radius 1 is 1.18 bits per heavy atom. The molecule has 0 spiro atoms. The monoisotopic (exact) mass is 359 g/mol. The molecule has 3 rings (SSSR count). The highest BCUT2D eigenvalue weighted by Gasteiger charge is 2.17. The number of benzene rings is 1. The molecule has 0 unspecified atom stereocenters. The van der Waals surface area contributed by atoms with Crippen molar-refractivity contribution in [2.45, 2.75) is 13.8 Å². The van der Waals surface area contributed by atoms with Crippen molar-refractivity contribution in [1.82, 2.24) is 9.78 Å². The Labute approximate surface area is 136 Å². The van der Waals surface area contributed by atoms with Crippen LogP contribution in [0, 0.1) is 13.8 Å². The summed E-state index contributed by atoms with van der Waals surface area (Å²) in [7, 11) is 0. The Morgan fingerprint density at radius 3 is 2.55 bits per heavy atom. The molecule has 1 N–H and O–H groups in total. The molecule has 1 aromatic carbocycles. The van der Waals surface area contributed by atoms with Gasteiger partial charge in [-0.25, -0.2) is 4.68 Å². The summed E-state index contributed by atoms with van der Waals surface area (Å²) >= 11 is 3.19. The Balaban J connectivity index is 1.92. The van der Waals surface area contributed by atoms with E-state index in [1.54, 1.807) is 12.1 Å². The van der Waals surface area contributed by atoms with Crippen LogP contribution in [0.1, 0.15) is 21.9 Å². The van der Waals surface area contributed by atoms with Crippen LogP contribution in [0.5, 0.6) is 0 Å². The van der Waals surface area contributed by atoms with E-state index in [4.69, 9.17) is 4.42 Å². The molecule has 0 atom stereocenters. The van der Waals surface area contributed by atoms with Crippen molar-refractivity contribution in [3.05, 3.63) is 64.3 Å². The van der Waals surface area contributed by atoms with Gasteiger partial charge in [0.15, 0.2) is 10.4 Å². The summed E-state index contributed by atoms with van der Waals surface area (Å²) < 4.78 is 7.59. The minimum absolute atomic E-state index is 0.248. The molecular formula is C16H14BrN3O2. The fraction of sp³-hybridized carbons (Fsp3) is 0.125. The van der Waals surface area contributed by atoms with Crippen molar-refractivity contribution < 1.29 is 9.21 Å². The van der Waals surface area contributed by atoms with Gasteiger partial charge in [-0.05, 0) is 54.0 Å². The second-order valence-electron chi connectivity index (χ2n) is 4.85. The van der Waals surface area contributed by atoms with Crippen LogP contribution < -0.4 is 5.32 Å². The molecule has 0 fully saturated rings. The summed E-state index contributed by atoms with van der Waals surface area (Å²) in [6, 6.07) is 13.1. The number of para-hydroxylation sites is 1. The quantitative estimate of drug-likeness (QED) is 0.765. The van der Waals surface area contributed by atoms with Gasteiger partial charge < -0.3 is 9.73 Å². The number of nitrogens with one attached hydrogen (secondary N) is 1. The van der Waals surface area contributed by atoms with E-state index >= 15 is 0 Å². The molecule has 0 bridgehead atoms. The maximum Gasteiger partial charge on any atom is 0.291 e. The summed E-state index contributed by atoms with van der Waals surface area (Å²) in [6.07, 6.45) is 0. The van der Waals surface area contributed by atoms with Gasteiger partial charge in [-0.1, -0.05) is 18.2 Å². The number of furan rings is 1. The summed E-state index contributed by atoms with van der Waals surface area (Å²) in [6.45, 7) is 3.78. The van der Waals surface area contributed by atoms with E-state index in [0.717, 1.165) is 17.1 Å². The van der Waals surface area contributed by atoms with Crippen molar-refractivity contribution in [3.8, 4) is 5.69 Å². The SMILES string of the molecule is Cc1nn(-c2ccccc2)c(C)c1NC(=O)c1ccc(Br)o1. The van der Waals surface area contributed by atoms with Gasteiger partial charge in [0.05, 0.1) is 22.8 Å². The average Bonchev–Trinajstić information content (AvgIpc) is 3.07. The molecule has 0 saturated carbocycles. The van der Waals surface area contributed by atoms with Crippen LogP contribution in [0.15, 0.2) is 51.6 Å². The Morgan fingerprint density at radius 2 is 1.91 bits per heavy atom. The van der Waals surface area contributed by atoms with Gasteiger partial charge in [0.2, 0.25) is 0 Å². The first-order chi connectivity index (χ1) is 10.6.